The summed E-state index contributed by atoms with van der Waals surface area (Å²) in [5, 5.41) is 9.13. The lowest BCUT2D eigenvalue weighted by Crippen LogP contribution is -2.50. The molecule has 0 aromatic carbocycles. The highest BCUT2D eigenvalue weighted by Crippen LogP contribution is 2.29. The van der Waals surface area contributed by atoms with Crippen molar-refractivity contribution in [3.05, 3.63) is 24.3 Å². The van der Waals surface area contributed by atoms with Gasteiger partial charge in [0.1, 0.15) is 5.54 Å². The van der Waals surface area contributed by atoms with Crippen LogP contribution >= 0.6 is 0 Å². The van der Waals surface area contributed by atoms with Crippen LogP contribution in [-0.4, -0.2) is 34.0 Å². The topological polar surface area (TPSA) is 57.6 Å². The molecule has 0 bridgehead atoms. The van der Waals surface area contributed by atoms with Crippen LogP contribution in [0.1, 0.15) is 26.7 Å². The predicted octanol–water partition coefficient (Wildman–Crippen LogP) is 1.58. The minimum absolute atomic E-state index is 0.236. The molecular weight excluding hydrogens is 206 g/mol. The third-order valence-electron chi connectivity index (χ3n) is 2.91. The normalized spacial score (nSPS) is 25.8. The molecule has 1 unspecified atom stereocenters. The molecule has 1 aliphatic rings. The lowest BCUT2D eigenvalue weighted by Gasteiger charge is -2.30. The Labute approximate surface area is 95.2 Å². The van der Waals surface area contributed by atoms with Crippen LogP contribution in [0.3, 0.4) is 0 Å². The van der Waals surface area contributed by atoms with E-state index in [2.05, 4.69) is 0 Å². The number of likely N-dealkylation sites (tertiary alicyclic amines) is 1. The van der Waals surface area contributed by atoms with Crippen LogP contribution in [-0.2, 0) is 9.59 Å². The Balaban J connectivity index is 2.79. The standard InChI is InChI=1S/C12H17NO3/c1-3-4-5-7-10(14)13-9-6-8-12(13,2)11(15)16/h3-5,7H,6,8-9H2,1-2H3,(H,15,16). The molecule has 0 aliphatic carbocycles. The molecule has 1 N–H and O–H groups in total. The summed E-state index contributed by atoms with van der Waals surface area (Å²) >= 11 is 0. The first-order valence-electron chi connectivity index (χ1n) is 5.36. The van der Waals surface area contributed by atoms with E-state index in [0.717, 1.165) is 6.42 Å². The van der Waals surface area contributed by atoms with Gasteiger partial charge in [-0.15, -0.1) is 0 Å². The van der Waals surface area contributed by atoms with Crippen molar-refractivity contribution in [3.63, 3.8) is 0 Å². The van der Waals surface area contributed by atoms with E-state index in [-0.39, 0.29) is 5.91 Å². The van der Waals surface area contributed by atoms with Gasteiger partial charge >= 0.3 is 5.97 Å². The molecule has 4 heteroatoms. The van der Waals surface area contributed by atoms with Crippen molar-refractivity contribution in [2.45, 2.75) is 32.2 Å². The highest BCUT2D eigenvalue weighted by molar-refractivity contribution is 5.93. The van der Waals surface area contributed by atoms with Gasteiger partial charge in [0.15, 0.2) is 0 Å². The van der Waals surface area contributed by atoms with Gasteiger partial charge < -0.3 is 10.0 Å². The highest BCUT2D eigenvalue weighted by Gasteiger charge is 2.45. The van der Waals surface area contributed by atoms with E-state index in [9.17, 15) is 9.59 Å². The maximum absolute atomic E-state index is 11.8. The SMILES string of the molecule is CC=CC=CC(=O)N1CCCC1(C)C(=O)O. The highest BCUT2D eigenvalue weighted by atomic mass is 16.4. The summed E-state index contributed by atoms with van der Waals surface area (Å²) in [6.45, 7) is 3.97. The summed E-state index contributed by atoms with van der Waals surface area (Å²) in [6.07, 6.45) is 7.85. The first-order valence-corrected chi connectivity index (χ1v) is 5.36. The zero-order valence-electron chi connectivity index (χ0n) is 9.64. The number of carbonyl (C=O) groups excluding carboxylic acids is 1. The third kappa shape index (κ3) is 2.32. The zero-order valence-corrected chi connectivity index (χ0v) is 9.64. The first kappa shape index (κ1) is 12.5. The van der Waals surface area contributed by atoms with Crippen LogP contribution in [0.5, 0.6) is 0 Å². The number of nitrogens with zero attached hydrogens (tertiary/aromatic N) is 1. The number of amides is 1. The summed E-state index contributed by atoms with van der Waals surface area (Å²) in [7, 11) is 0. The number of hydrogen-bond acceptors (Lipinski definition) is 2. The van der Waals surface area contributed by atoms with E-state index in [0.29, 0.717) is 13.0 Å². The lowest BCUT2D eigenvalue weighted by molar-refractivity contribution is -0.153. The minimum Gasteiger partial charge on any atom is -0.480 e. The van der Waals surface area contributed by atoms with Crippen molar-refractivity contribution in [1.29, 1.82) is 0 Å². The van der Waals surface area contributed by atoms with Crippen LogP contribution in [0, 0.1) is 0 Å². The smallest absolute Gasteiger partial charge is 0.329 e. The monoisotopic (exact) mass is 223 g/mol. The van der Waals surface area contributed by atoms with Crippen LogP contribution in [0.25, 0.3) is 0 Å². The number of hydrogen-bond donors (Lipinski definition) is 1. The second-order valence-corrected chi connectivity index (χ2v) is 4.06. The third-order valence-corrected chi connectivity index (χ3v) is 2.91. The minimum atomic E-state index is -1.04. The Morgan fingerprint density at radius 2 is 2.06 bits per heavy atom. The fraction of sp³-hybridized carbons (Fsp3) is 0.500. The summed E-state index contributed by atoms with van der Waals surface area (Å²) in [6, 6.07) is 0. The molecular formula is C12H17NO3. The van der Waals surface area contributed by atoms with E-state index < -0.39 is 11.5 Å². The van der Waals surface area contributed by atoms with Gasteiger partial charge in [-0.25, -0.2) is 4.79 Å². The van der Waals surface area contributed by atoms with Crippen LogP contribution in [0.4, 0.5) is 0 Å². The number of carbonyl (C=O) groups is 2. The van der Waals surface area contributed by atoms with Crippen molar-refractivity contribution in [3.8, 4) is 0 Å². The molecule has 0 radical (unpaired) electrons. The van der Waals surface area contributed by atoms with E-state index in [1.807, 2.05) is 13.0 Å². The fourth-order valence-corrected chi connectivity index (χ4v) is 1.88. The Morgan fingerprint density at radius 3 is 2.62 bits per heavy atom. The number of carboxylic acids is 1. The second-order valence-electron chi connectivity index (χ2n) is 4.06. The lowest BCUT2D eigenvalue weighted by atomic mass is 9.99. The van der Waals surface area contributed by atoms with Crippen molar-refractivity contribution in [2.75, 3.05) is 6.54 Å². The molecule has 16 heavy (non-hydrogen) atoms. The van der Waals surface area contributed by atoms with Crippen LogP contribution < -0.4 is 0 Å². The number of rotatable bonds is 3. The molecule has 1 rings (SSSR count). The van der Waals surface area contributed by atoms with Gasteiger partial charge in [0, 0.05) is 12.6 Å². The van der Waals surface area contributed by atoms with Crippen molar-refractivity contribution in [2.24, 2.45) is 0 Å². The molecule has 1 amide bonds. The van der Waals surface area contributed by atoms with Crippen LogP contribution in [0.15, 0.2) is 24.3 Å². The fourth-order valence-electron chi connectivity index (χ4n) is 1.88. The maximum Gasteiger partial charge on any atom is 0.329 e. The molecule has 88 valence electrons. The zero-order chi connectivity index (χ0) is 12.2. The van der Waals surface area contributed by atoms with Gasteiger partial charge in [-0.2, -0.15) is 0 Å². The average molecular weight is 223 g/mol. The van der Waals surface area contributed by atoms with Gasteiger partial charge in [-0.3, -0.25) is 4.79 Å². The Bertz CT molecular complexity index is 346. The van der Waals surface area contributed by atoms with Crippen molar-refractivity contribution < 1.29 is 14.7 Å². The van der Waals surface area contributed by atoms with Gasteiger partial charge in [0.05, 0.1) is 0 Å². The summed E-state index contributed by atoms with van der Waals surface area (Å²) < 4.78 is 0. The molecule has 1 aliphatic heterocycles. The van der Waals surface area contributed by atoms with E-state index >= 15 is 0 Å². The number of allylic oxidation sites excluding steroid dienone is 3. The Kier molecular flexibility index (Phi) is 3.88. The van der Waals surface area contributed by atoms with Crippen molar-refractivity contribution >= 4 is 11.9 Å². The van der Waals surface area contributed by atoms with E-state index in [4.69, 9.17) is 5.11 Å². The Hall–Kier alpha value is -1.58. The van der Waals surface area contributed by atoms with Crippen LogP contribution in [0.2, 0.25) is 0 Å². The largest absolute Gasteiger partial charge is 0.480 e. The van der Waals surface area contributed by atoms with E-state index in [1.54, 1.807) is 19.1 Å². The molecule has 4 nitrogen and oxygen atoms in total. The van der Waals surface area contributed by atoms with Crippen molar-refractivity contribution in [1.82, 2.24) is 4.90 Å². The quantitative estimate of drug-likeness (QED) is 0.584. The average Bonchev–Trinajstić information content (AvgIpc) is 2.62. The molecule has 1 fully saturated rings. The van der Waals surface area contributed by atoms with Gasteiger partial charge in [-0.1, -0.05) is 18.2 Å². The number of aliphatic carboxylic acids is 1. The van der Waals surface area contributed by atoms with E-state index in [1.165, 1.54) is 11.0 Å². The molecule has 0 spiro atoms. The molecule has 0 saturated carbocycles. The summed E-state index contributed by atoms with van der Waals surface area (Å²) in [4.78, 5) is 24.3. The van der Waals surface area contributed by atoms with Gasteiger partial charge in [0.2, 0.25) is 5.91 Å². The molecule has 0 aromatic heterocycles. The number of carboxylic acid groups (broad SMARTS) is 1. The summed E-state index contributed by atoms with van der Waals surface area (Å²) in [5.41, 5.74) is -1.04. The first-order chi connectivity index (χ1) is 7.52. The summed E-state index contributed by atoms with van der Waals surface area (Å²) in [5.74, 6) is -1.17. The maximum atomic E-state index is 11.8. The molecule has 1 atom stereocenters. The Morgan fingerprint density at radius 1 is 1.38 bits per heavy atom. The van der Waals surface area contributed by atoms with Gasteiger partial charge in [-0.05, 0) is 26.7 Å². The molecule has 0 aromatic rings. The second kappa shape index (κ2) is 4.96. The van der Waals surface area contributed by atoms with Gasteiger partial charge in [0.25, 0.3) is 0 Å². The molecule has 1 saturated heterocycles. The molecule has 1 heterocycles. The predicted molar refractivity (Wildman–Crippen MR) is 60.9 cm³/mol.